The van der Waals surface area contributed by atoms with Crippen LogP contribution in [0.1, 0.15) is 6.92 Å². The van der Waals surface area contributed by atoms with E-state index in [9.17, 15) is 18.5 Å². The second-order valence-electron chi connectivity index (χ2n) is 3.58. The Hall–Kier alpha value is -1.67. The molecule has 0 unspecified atom stereocenters. The van der Waals surface area contributed by atoms with Gasteiger partial charge in [-0.25, -0.2) is 8.42 Å². The van der Waals surface area contributed by atoms with Crippen molar-refractivity contribution in [2.45, 2.75) is 6.92 Å². The normalized spacial score (nSPS) is 11.2. The Morgan fingerprint density at radius 2 is 2.11 bits per heavy atom. The summed E-state index contributed by atoms with van der Waals surface area (Å²) in [6.45, 7) is 2.90. The zero-order valence-corrected chi connectivity index (χ0v) is 10.7. The van der Waals surface area contributed by atoms with Crippen molar-refractivity contribution < 1.29 is 13.3 Å². The second kappa shape index (κ2) is 6.31. The van der Waals surface area contributed by atoms with E-state index in [1.165, 1.54) is 24.3 Å². The minimum atomic E-state index is -3.48. The van der Waals surface area contributed by atoms with Crippen LogP contribution < -0.4 is 10.0 Å². The molecule has 2 N–H and O–H groups in total. The Balaban J connectivity index is 2.72. The molecule has 0 heterocycles. The topological polar surface area (TPSA) is 101 Å². The lowest BCUT2D eigenvalue weighted by Crippen LogP contribution is -2.26. The van der Waals surface area contributed by atoms with Crippen molar-refractivity contribution in [2.75, 3.05) is 23.6 Å². The molecular weight excluding hydrogens is 258 g/mol. The molecule has 0 aromatic heterocycles. The number of hydrogen-bond acceptors (Lipinski definition) is 5. The van der Waals surface area contributed by atoms with Crippen LogP contribution in [-0.4, -0.2) is 32.2 Å². The van der Waals surface area contributed by atoms with Gasteiger partial charge >= 0.3 is 0 Å². The molecule has 0 bridgehead atoms. The monoisotopic (exact) mass is 273 g/mol. The molecule has 0 aliphatic heterocycles. The summed E-state index contributed by atoms with van der Waals surface area (Å²) in [5.74, 6) is -0.0798. The summed E-state index contributed by atoms with van der Waals surface area (Å²) in [5.41, 5.74) is 0.0441. The number of anilines is 1. The summed E-state index contributed by atoms with van der Waals surface area (Å²) in [4.78, 5) is 9.98. The average molecular weight is 273 g/mol. The van der Waals surface area contributed by atoms with Crippen LogP contribution in [0.25, 0.3) is 0 Å². The van der Waals surface area contributed by atoms with Crippen LogP contribution in [0.2, 0.25) is 0 Å². The van der Waals surface area contributed by atoms with Gasteiger partial charge in [0.2, 0.25) is 10.0 Å². The summed E-state index contributed by atoms with van der Waals surface area (Å²) in [7, 11) is -3.48. The van der Waals surface area contributed by atoms with Gasteiger partial charge in [-0.3, -0.25) is 14.8 Å². The van der Waals surface area contributed by atoms with E-state index in [-0.39, 0.29) is 17.1 Å². The molecule has 0 saturated carbocycles. The number of nitrogens with zero attached hydrogens (tertiary/aromatic N) is 1. The molecule has 0 amide bonds. The van der Waals surface area contributed by atoms with E-state index >= 15 is 0 Å². The molecule has 7 nitrogen and oxygen atoms in total. The summed E-state index contributed by atoms with van der Waals surface area (Å²) < 4.78 is 25.6. The highest BCUT2D eigenvalue weighted by molar-refractivity contribution is 7.92. The van der Waals surface area contributed by atoms with Crippen molar-refractivity contribution >= 4 is 21.4 Å². The molecule has 1 aromatic rings. The van der Waals surface area contributed by atoms with E-state index < -0.39 is 14.9 Å². The lowest BCUT2D eigenvalue weighted by atomic mass is 10.3. The molecule has 0 radical (unpaired) electrons. The quantitative estimate of drug-likeness (QED) is 0.437. The summed E-state index contributed by atoms with van der Waals surface area (Å²) in [6.07, 6.45) is 0. The van der Waals surface area contributed by atoms with Gasteiger partial charge in [-0.05, 0) is 12.6 Å². The van der Waals surface area contributed by atoms with Gasteiger partial charge < -0.3 is 5.32 Å². The van der Waals surface area contributed by atoms with E-state index in [4.69, 9.17) is 0 Å². The van der Waals surface area contributed by atoms with Gasteiger partial charge in [0, 0.05) is 18.7 Å². The summed E-state index contributed by atoms with van der Waals surface area (Å²) >= 11 is 0. The Morgan fingerprint density at radius 3 is 2.72 bits per heavy atom. The number of nitrogens with one attached hydrogen (secondary N) is 2. The highest BCUT2D eigenvalue weighted by Crippen LogP contribution is 2.17. The van der Waals surface area contributed by atoms with Gasteiger partial charge in [-0.2, -0.15) is 0 Å². The molecule has 0 aliphatic rings. The van der Waals surface area contributed by atoms with E-state index in [1.54, 1.807) is 0 Å². The van der Waals surface area contributed by atoms with E-state index in [0.29, 0.717) is 13.1 Å². The minimum absolute atomic E-state index is 0.0798. The number of hydrogen-bond donors (Lipinski definition) is 2. The lowest BCUT2D eigenvalue weighted by Gasteiger charge is -2.07. The number of rotatable bonds is 7. The molecule has 18 heavy (non-hydrogen) atoms. The first-order chi connectivity index (χ1) is 8.44. The first-order valence-corrected chi connectivity index (χ1v) is 7.05. The van der Waals surface area contributed by atoms with Gasteiger partial charge in [0.15, 0.2) is 0 Å². The van der Waals surface area contributed by atoms with Crippen molar-refractivity contribution in [3.05, 3.63) is 34.4 Å². The first kappa shape index (κ1) is 14.4. The number of non-ortho nitro benzene ring substituents is 1. The highest BCUT2D eigenvalue weighted by Gasteiger charge is 2.12. The Kier molecular flexibility index (Phi) is 5.05. The predicted molar refractivity (Wildman–Crippen MR) is 69.0 cm³/mol. The largest absolute Gasteiger partial charge is 0.316 e. The van der Waals surface area contributed by atoms with E-state index in [0.717, 1.165) is 0 Å². The summed E-state index contributed by atoms with van der Waals surface area (Å²) in [5, 5.41) is 13.4. The zero-order valence-electron chi connectivity index (χ0n) is 9.92. The number of nitro benzene ring substituents is 1. The molecule has 8 heteroatoms. The van der Waals surface area contributed by atoms with Crippen molar-refractivity contribution in [1.29, 1.82) is 0 Å². The molecule has 100 valence electrons. The van der Waals surface area contributed by atoms with Crippen molar-refractivity contribution in [3.8, 4) is 0 Å². The second-order valence-corrected chi connectivity index (χ2v) is 5.42. The van der Waals surface area contributed by atoms with E-state index in [1.807, 2.05) is 6.92 Å². The third-order valence-electron chi connectivity index (χ3n) is 2.13. The lowest BCUT2D eigenvalue weighted by molar-refractivity contribution is -0.384. The van der Waals surface area contributed by atoms with Gasteiger partial charge in [-0.1, -0.05) is 13.0 Å². The van der Waals surface area contributed by atoms with Crippen molar-refractivity contribution in [2.24, 2.45) is 0 Å². The number of sulfonamides is 1. The average Bonchev–Trinajstić information content (AvgIpc) is 2.28. The Bertz CT molecular complexity index is 516. The highest BCUT2D eigenvalue weighted by atomic mass is 32.2. The standard InChI is InChI=1S/C10H15N3O4S/c1-2-11-6-7-18(16,17)12-9-4-3-5-10(8-9)13(14)15/h3-5,8,11-12H,2,6-7H2,1H3. The van der Waals surface area contributed by atoms with Crippen LogP contribution in [0.4, 0.5) is 11.4 Å². The third-order valence-corrected chi connectivity index (χ3v) is 3.42. The van der Waals surface area contributed by atoms with E-state index in [2.05, 4.69) is 10.0 Å². The maximum absolute atomic E-state index is 11.6. The molecule has 0 atom stereocenters. The van der Waals surface area contributed by atoms with Gasteiger partial charge in [-0.15, -0.1) is 0 Å². The van der Waals surface area contributed by atoms with Crippen LogP contribution in [-0.2, 0) is 10.0 Å². The van der Waals surface area contributed by atoms with Gasteiger partial charge in [0.05, 0.1) is 16.4 Å². The van der Waals surface area contributed by atoms with Crippen LogP contribution in [0.15, 0.2) is 24.3 Å². The molecule has 0 saturated heterocycles. The molecule has 0 spiro atoms. The zero-order chi connectivity index (χ0) is 13.6. The van der Waals surface area contributed by atoms with Crippen LogP contribution in [0.5, 0.6) is 0 Å². The molecular formula is C10H15N3O4S. The fourth-order valence-corrected chi connectivity index (χ4v) is 2.30. The minimum Gasteiger partial charge on any atom is -0.316 e. The SMILES string of the molecule is CCNCCS(=O)(=O)Nc1cccc([N+](=O)[O-])c1. The molecule has 1 aromatic carbocycles. The van der Waals surface area contributed by atoms with Crippen LogP contribution in [0.3, 0.4) is 0 Å². The fraction of sp³-hybridized carbons (Fsp3) is 0.400. The fourth-order valence-electron chi connectivity index (χ4n) is 1.30. The predicted octanol–water partition coefficient (Wildman–Crippen LogP) is 0.946. The van der Waals surface area contributed by atoms with Gasteiger partial charge in [0.1, 0.15) is 0 Å². The Morgan fingerprint density at radius 1 is 1.39 bits per heavy atom. The molecule has 0 fully saturated rings. The third kappa shape index (κ3) is 4.68. The summed E-state index contributed by atoms with van der Waals surface area (Å²) in [6, 6.07) is 5.39. The molecule has 1 rings (SSSR count). The van der Waals surface area contributed by atoms with Crippen molar-refractivity contribution in [1.82, 2.24) is 5.32 Å². The maximum Gasteiger partial charge on any atom is 0.271 e. The smallest absolute Gasteiger partial charge is 0.271 e. The molecule has 0 aliphatic carbocycles. The first-order valence-electron chi connectivity index (χ1n) is 5.40. The van der Waals surface area contributed by atoms with Crippen molar-refractivity contribution in [3.63, 3.8) is 0 Å². The Labute approximate surface area is 105 Å². The van der Waals surface area contributed by atoms with Gasteiger partial charge in [0.25, 0.3) is 5.69 Å². The number of nitro groups is 1. The van der Waals surface area contributed by atoms with Crippen LogP contribution in [0, 0.1) is 10.1 Å². The number of benzene rings is 1. The van der Waals surface area contributed by atoms with Crippen LogP contribution >= 0.6 is 0 Å². The maximum atomic E-state index is 11.6.